The molecule has 0 N–H and O–H groups in total. The molecule has 3 nitrogen and oxygen atoms in total. The van der Waals surface area contributed by atoms with E-state index in [0.717, 1.165) is 31.2 Å². The summed E-state index contributed by atoms with van der Waals surface area (Å²) in [7, 11) is 0. The lowest BCUT2D eigenvalue weighted by Crippen LogP contribution is -2.31. The zero-order valence-electron chi connectivity index (χ0n) is 11.6. The standard InChI is InChI=1S/C16H19ClN2O/c1-2-14(15-5-3-4-6-16(15)17)13-7-18-19(9-13)8-12-10-20-11-12/h3-7,9,12,14H,2,8,10-11H2,1H3/t14-/m1/s1. The molecule has 1 aliphatic heterocycles. The molecule has 4 heteroatoms. The van der Waals surface area contributed by atoms with Crippen LogP contribution in [-0.4, -0.2) is 23.0 Å². The maximum absolute atomic E-state index is 6.33. The fourth-order valence-electron chi connectivity index (χ4n) is 2.71. The molecule has 0 amide bonds. The molecule has 1 saturated heterocycles. The Morgan fingerprint density at radius 3 is 2.85 bits per heavy atom. The van der Waals surface area contributed by atoms with Gasteiger partial charge in [-0.25, -0.2) is 0 Å². The molecule has 1 aromatic carbocycles. The maximum Gasteiger partial charge on any atom is 0.0534 e. The molecule has 3 rings (SSSR count). The van der Waals surface area contributed by atoms with Crippen molar-refractivity contribution in [3.63, 3.8) is 0 Å². The van der Waals surface area contributed by atoms with E-state index in [0.29, 0.717) is 11.8 Å². The monoisotopic (exact) mass is 290 g/mol. The predicted octanol–water partition coefficient (Wildman–Crippen LogP) is 3.72. The third-order valence-corrected chi connectivity index (χ3v) is 4.24. The van der Waals surface area contributed by atoms with Gasteiger partial charge in [0.15, 0.2) is 0 Å². The molecule has 0 saturated carbocycles. The summed E-state index contributed by atoms with van der Waals surface area (Å²) in [6.07, 6.45) is 5.13. The number of halogens is 1. The van der Waals surface area contributed by atoms with E-state index in [2.05, 4.69) is 24.3 Å². The summed E-state index contributed by atoms with van der Waals surface area (Å²) in [6, 6.07) is 8.07. The number of nitrogens with zero attached hydrogens (tertiary/aromatic N) is 2. The summed E-state index contributed by atoms with van der Waals surface area (Å²) in [5, 5.41) is 5.31. The Morgan fingerprint density at radius 2 is 2.20 bits per heavy atom. The second kappa shape index (κ2) is 5.98. The molecule has 2 aromatic rings. The summed E-state index contributed by atoms with van der Waals surface area (Å²) in [5.41, 5.74) is 2.42. The maximum atomic E-state index is 6.33. The molecule has 20 heavy (non-hydrogen) atoms. The smallest absolute Gasteiger partial charge is 0.0534 e. The highest BCUT2D eigenvalue weighted by molar-refractivity contribution is 6.31. The highest BCUT2D eigenvalue weighted by Crippen LogP contribution is 2.32. The van der Waals surface area contributed by atoms with Gasteiger partial charge in [-0.05, 0) is 23.6 Å². The van der Waals surface area contributed by atoms with Crippen molar-refractivity contribution in [1.29, 1.82) is 0 Å². The zero-order valence-corrected chi connectivity index (χ0v) is 12.4. The Kier molecular flexibility index (Phi) is 4.08. The quantitative estimate of drug-likeness (QED) is 0.839. The fraction of sp³-hybridized carbons (Fsp3) is 0.438. The van der Waals surface area contributed by atoms with Crippen LogP contribution >= 0.6 is 11.6 Å². The molecular formula is C16H19ClN2O. The summed E-state index contributed by atoms with van der Waals surface area (Å²) < 4.78 is 7.24. The average Bonchev–Trinajstić information content (AvgIpc) is 2.86. The van der Waals surface area contributed by atoms with Crippen LogP contribution in [0.4, 0.5) is 0 Å². The van der Waals surface area contributed by atoms with Crippen molar-refractivity contribution in [2.45, 2.75) is 25.8 Å². The van der Waals surface area contributed by atoms with Crippen molar-refractivity contribution in [2.75, 3.05) is 13.2 Å². The van der Waals surface area contributed by atoms with Crippen LogP contribution in [0.2, 0.25) is 5.02 Å². The van der Waals surface area contributed by atoms with Crippen LogP contribution in [0.15, 0.2) is 36.7 Å². The van der Waals surface area contributed by atoms with Gasteiger partial charge in [0.1, 0.15) is 0 Å². The number of benzene rings is 1. The lowest BCUT2D eigenvalue weighted by molar-refractivity contribution is -0.0408. The number of hydrogen-bond donors (Lipinski definition) is 0. The summed E-state index contributed by atoms with van der Waals surface area (Å²) in [5.74, 6) is 0.929. The minimum atomic E-state index is 0.315. The molecule has 0 aliphatic carbocycles. The first-order valence-corrected chi connectivity index (χ1v) is 7.50. The Bertz CT molecular complexity index is 577. The van der Waals surface area contributed by atoms with Crippen molar-refractivity contribution in [2.24, 2.45) is 5.92 Å². The number of ether oxygens (including phenoxy) is 1. The Hall–Kier alpha value is -1.32. The zero-order chi connectivity index (χ0) is 13.9. The Morgan fingerprint density at radius 1 is 1.40 bits per heavy atom. The van der Waals surface area contributed by atoms with Crippen molar-refractivity contribution in [3.8, 4) is 0 Å². The van der Waals surface area contributed by atoms with Gasteiger partial charge in [0, 0.05) is 29.6 Å². The van der Waals surface area contributed by atoms with E-state index >= 15 is 0 Å². The molecule has 1 aliphatic rings. The van der Waals surface area contributed by atoms with E-state index in [4.69, 9.17) is 16.3 Å². The van der Waals surface area contributed by atoms with Crippen LogP contribution < -0.4 is 0 Å². The molecule has 0 unspecified atom stereocenters. The van der Waals surface area contributed by atoms with Gasteiger partial charge in [-0.3, -0.25) is 4.68 Å². The van der Waals surface area contributed by atoms with Gasteiger partial charge >= 0.3 is 0 Å². The van der Waals surface area contributed by atoms with Crippen LogP contribution in [-0.2, 0) is 11.3 Å². The van der Waals surface area contributed by atoms with Gasteiger partial charge in [0.2, 0.25) is 0 Å². The van der Waals surface area contributed by atoms with Gasteiger partial charge in [-0.2, -0.15) is 5.10 Å². The molecule has 0 spiro atoms. The number of rotatable bonds is 5. The van der Waals surface area contributed by atoms with Crippen molar-refractivity contribution >= 4 is 11.6 Å². The highest BCUT2D eigenvalue weighted by Gasteiger charge is 2.21. The van der Waals surface area contributed by atoms with E-state index < -0.39 is 0 Å². The van der Waals surface area contributed by atoms with Gasteiger partial charge in [-0.15, -0.1) is 0 Å². The molecule has 2 heterocycles. The van der Waals surface area contributed by atoms with Crippen molar-refractivity contribution in [1.82, 2.24) is 9.78 Å². The van der Waals surface area contributed by atoms with E-state index in [1.807, 2.05) is 29.1 Å². The molecule has 1 fully saturated rings. The third-order valence-electron chi connectivity index (χ3n) is 3.90. The highest BCUT2D eigenvalue weighted by atomic mass is 35.5. The molecule has 0 bridgehead atoms. The van der Waals surface area contributed by atoms with Crippen molar-refractivity contribution < 1.29 is 4.74 Å². The van der Waals surface area contributed by atoms with Crippen molar-refractivity contribution in [3.05, 3.63) is 52.8 Å². The molecule has 106 valence electrons. The topological polar surface area (TPSA) is 27.1 Å². The van der Waals surface area contributed by atoms with Crippen LogP contribution in [0.25, 0.3) is 0 Å². The summed E-state index contributed by atoms with van der Waals surface area (Å²) in [4.78, 5) is 0. The first kappa shape index (κ1) is 13.7. The summed E-state index contributed by atoms with van der Waals surface area (Å²) in [6.45, 7) is 4.85. The molecule has 1 aromatic heterocycles. The van der Waals surface area contributed by atoms with Crippen LogP contribution in [0.3, 0.4) is 0 Å². The summed E-state index contributed by atoms with van der Waals surface area (Å²) >= 11 is 6.33. The average molecular weight is 291 g/mol. The van der Waals surface area contributed by atoms with E-state index in [9.17, 15) is 0 Å². The minimum Gasteiger partial charge on any atom is -0.381 e. The van der Waals surface area contributed by atoms with Gasteiger partial charge < -0.3 is 4.74 Å². The van der Waals surface area contributed by atoms with E-state index in [1.54, 1.807) is 0 Å². The lowest BCUT2D eigenvalue weighted by atomic mass is 9.91. The minimum absolute atomic E-state index is 0.315. The first-order valence-electron chi connectivity index (χ1n) is 7.12. The number of aromatic nitrogens is 2. The lowest BCUT2D eigenvalue weighted by Gasteiger charge is -2.25. The normalized spacial score (nSPS) is 16.9. The van der Waals surface area contributed by atoms with E-state index in [1.165, 1.54) is 11.1 Å². The van der Waals surface area contributed by atoms with Gasteiger partial charge in [0.05, 0.1) is 19.4 Å². The van der Waals surface area contributed by atoms with Gasteiger partial charge in [0.25, 0.3) is 0 Å². The molecular weight excluding hydrogens is 272 g/mol. The second-order valence-corrected chi connectivity index (χ2v) is 5.79. The Labute approximate surface area is 124 Å². The fourth-order valence-corrected chi connectivity index (χ4v) is 2.97. The largest absolute Gasteiger partial charge is 0.381 e. The van der Waals surface area contributed by atoms with Crippen LogP contribution in [0.5, 0.6) is 0 Å². The molecule has 0 radical (unpaired) electrons. The number of hydrogen-bond acceptors (Lipinski definition) is 2. The molecule has 1 atom stereocenters. The van der Waals surface area contributed by atoms with E-state index in [-0.39, 0.29) is 0 Å². The third kappa shape index (κ3) is 2.74. The van der Waals surface area contributed by atoms with Gasteiger partial charge in [-0.1, -0.05) is 36.7 Å². The first-order chi connectivity index (χ1) is 9.78. The van der Waals surface area contributed by atoms with Crippen LogP contribution in [0.1, 0.15) is 30.4 Å². The van der Waals surface area contributed by atoms with Crippen LogP contribution in [0, 0.1) is 5.92 Å². The SMILES string of the molecule is CC[C@H](c1cnn(CC2COC2)c1)c1ccccc1Cl. The Balaban J connectivity index is 1.80. The predicted molar refractivity (Wildman–Crippen MR) is 80.1 cm³/mol. The second-order valence-electron chi connectivity index (χ2n) is 5.38.